The van der Waals surface area contributed by atoms with Gasteiger partial charge in [-0.15, -0.1) is 0 Å². The van der Waals surface area contributed by atoms with Crippen LogP contribution in [0.25, 0.3) is 0 Å². The third-order valence-electron chi connectivity index (χ3n) is 3.23. The Balaban J connectivity index is 1.91. The predicted octanol–water partition coefficient (Wildman–Crippen LogP) is 2.50. The van der Waals surface area contributed by atoms with E-state index in [0.717, 1.165) is 11.4 Å². The molecule has 0 bridgehead atoms. The van der Waals surface area contributed by atoms with Crippen LogP contribution in [0, 0.1) is 0 Å². The standard InChI is InChI=1S/C18H21N3O3/c1-3-24-16-9-5-7-14(11-16)20-12-17(22)21-15-8-4-6-13(10-15)18(23)19-2/h4-11,20H,3,12H2,1-2H3,(H,19,23)(H,21,22). The van der Waals surface area contributed by atoms with Gasteiger partial charge in [0.1, 0.15) is 5.75 Å². The minimum Gasteiger partial charge on any atom is -0.494 e. The van der Waals surface area contributed by atoms with E-state index < -0.39 is 0 Å². The number of amides is 2. The summed E-state index contributed by atoms with van der Waals surface area (Å²) < 4.78 is 5.42. The Morgan fingerprint density at radius 2 is 1.79 bits per heavy atom. The van der Waals surface area contributed by atoms with E-state index in [0.29, 0.717) is 17.9 Å². The van der Waals surface area contributed by atoms with Crippen LogP contribution in [0.15, 0.2) is 48.5 Å². The number of carbonyl (C=O) groups is 2. The quantitative estimate of drug-likeness (QED) is 0.730. The maximum atomic E-state index is 12.0. The van der Waals surface area contributed by atoms with Crippen LogP contribution in [-0.2, 0) is 4.79 Å². The van der Waals surface area contributed by atoms with Gasteiger partial charge in [-0.1, -0.05) is 12.1 Å². The predicted molar refractivity (Wildman–Crippen MR) is 94.6 cm³/mol. The van der Waals surface area contributed by atoms with Gasteiger partial charge in [0.25, 0.3) is 5.91 Å². The molecular weight excluding hydrogens is 306 g/mol. The minimum absolute atomic E-state index is 0.111. The first kappa shape index (κ1) is 17.3. The maximum Gasteiger partial charge on any atom is 0.251 e. The Kier molecular flexibility index (Phi) is 6.19. The summed E-state index contributed by atoms with van der Waals surface area (Å²) in [7, 11) is 1.56. The molecule has 0 radical (unpaired) electrons. The van der Waals surface area contributed by atoms with Gasteiger partial charge < -0.3 is 20.7 Å². The fourth-order valence-electron chi connectivity index (χ4n) is 2.13. The summed E-state index contributed by atoms with van der Waals surface area (Å²) in [5, 5.41) is 8.35. The van der Waals surface area contributed by atoms with Gasteiger partial charge in [0, 0.05) is 30.1 Å². The highest BCUT2D eigenvalue weighted by Crippen LogP contribution is 2.17. The van der Waals surface area contributed by atoms with Crippen LogP contribution >= 0.6 is 0 Å². The molecule has 0 aliphatic carbocycles. The highest BCUT2D eigenvalue weighted by Gasteiger charge is 2.06. The van der Waals surface area contributed by atoms with Crippen LogP contribution in [0.2, 0.25) is 0 Å². The molecule has 2 rings (SSSR count). The first-order chi connectivity index (χ1) is 11.6. The molecule has 2 amide bonds. The Morgan fingerprint density at radius 1 is 1.04 bits per heavy atom. The Hall–Kier alpha value is -3.02. The molecule has 0 unspecified atom stereocenters. The molecule has 6 nitrogen and oxygen atoms in total. The first-order valence-electron chi connectivity index (χ1n) is 7.71. The molecule has 0 atom stereocenters. The molecule has 0 fully saturated rings. The summed E-state index contributed by atoms with van der Waals surface area (Å²) in [5.74, 6) is 0.351. The average molecular weight is 327 g/mol. The largest absolute Gasteiger partial charge is 0.494 e. The second kappa shape index (κ2) is 8.57. The first-order valence-corrected chi connectivity index (χ1v) is 7.71. The van der Waals surface area contributed by atoms with Crippen molar-refractivity contribution < 1.29 is 14.3 Å². The maximum absolute atomic E-state index is 12.0. The molecule has 2 aromatic rings. The normalized spacial score (nSPS) is 9.92. The molecule has 126 valence electrons. The third-order valence-corrected chi connectivity index (χ3v) is 3.23. The summed E-state index contributed by atoms with van der Waals surface area (Å²) in [6.45, 7) is 2.62. The molecule has 24 heavy (non-hydrogen) atoms. The number of carbonyl (C=O) groups excluding carboxylic acids is 2. The zero-order valence-electron chi connectivity index (χ0n) is 13.8. The van der Waals surface area contributed by atoms with Crippen LogP contribution in [0.5, 0.6) is 5.75 Å². The second-order valence-electron chi connectivity index (χ2n) is 5.02. The van der Waals surface area contributed by atoms with Gasteiger partial charge in [0.05, 0.1) is 13.2 Å². The summed E-state index contributed by atoms with van der Waals surface area (Å²) in [6.07, 6.45) is 0. The zero-order valence-corrected chi connectivity index (χ0v) is 13.8. The van der Waals surface area contributed by atoms with Crippen LogP contribution < -0.4 is 20.7 Å². The van der Waals surface area contributed by atoms with Crippen LogP contribution in [-0.4, -0.2) is 32.0 Å². The van der Waals surface area contributed by atoms with Gasteiger partial charge in [-0.2, -0.15) is 0 Å². The van der Waals surface area contributed by atoms with Gasteiger partial charge in [0.15, 0.2) is 0 Å². The molecular formula is C18H21N3O3. The van der Waals surface area contributed by atoms with Gasteiger partial charge in [-0.25, -0.2) is 0 Å². The molecule has 0 aliphatic heterocycles. The topological polar surface area (TPSA) is 79.5 Å². The molecule has 0 heterocycles. The van der Waals surface area contributed by atoms with E-state index in [1.807, 2.05) is 31.2 Å². The van der Waals surface area contributed by atoms with E-state index in [4.69, 9.17) is 4.74 Å². The molecule has 2 aromatic carbocycles. The van der Waals surface area contributed by atoms with Crippen molar-refractivity contribution in [1.29, 1.82) is 0 Å². The van der Waals surface area contributed by atoms with E-state index >= 15 is 0 Å². The molecule has 6 heteroatoms. The Labute approximate surface area is 141 Å². The number of rotatable bonds is 7. The zero-order chi connectivity index (χ0) is 17.4. The van der Waals surface area contributed by atoms with E-state index in [1.54, 1.807) is 31.3 Å². The van der Waals surface area contributed by atoms with Gasteiger partial charge >= 0.3 is 0 Å². The van der Waals surface area contributed by atoms with Crippen molar-refractivity contribution in [3.05, 3.63) is 54.1 Å². The fraction of sp³-hybridized carbons (Fsp3) is 0.222. The van der Waals surface area contributed by atoms with Gasteiger partial charge in [-0.3, -0.25) is 9.59 Å². The van der Waals surface area contributed by atoms with E-state index in [-0.39, 0.29) is 18.4 Å². The van der Waals surface area contributed by atoms with Gasteiger partial charge in [0.2, 0.25) is 5.91 Å². The lowest BCUT2D eigenvalue weighted by molar-refractivity contribution is -0.114. The highest BCUT2D eigenvalue weighted by atomic mass is 16.5. The van der Waals surface area contributed by atoms with E-state index in [9.17, 15) is 9.59 Å². The molecule has 3 N–H and O–H groups in total. The minimum atomic E-state index is -0.203. The molecule has 0 aromatic heterocycles. The number of anilines is 2. The smallest absolute Gasteiger partial charge is 0.251 e. The average Bonchev–Trinajstić information content (AvgIpc) is 2.60. The summed E-state index contributed by atoms with van der Waals surface area (Å²) in [6, 6.07) is 14.2. The van der Waals surface area contributed by atoms with Crippen molar-refractivity contribution in [3.8, 4) is 5.75 Å². The van der Waals surface area contributed by atoms with Crippen molar-refractivity contribution in [1.82, 2.24) is 5.32 Å². The monoisotopic (exact) mass is 327 g/mol. The number of hydrogen-bond acceptors (Lipinski definition) is 4. The van der Waals surface area contributed by atoms with Crippen molar-refractivity contribution in [2.24, 2.45) is 0 Å². The van der Waals surface area contributed by atoms with Crippen molar-refractivity contribution in [3.63, 3.8) is 0 Å². The number of ether oxygens (including phenoxy) is 1. The Bertz CT molecular complexity index is 716. The SMILES string of the molecule is CCOc1cccc(NCC(=O)Nc2cccc(C(=O)NC)c2)c1. The van der Waals surface area contributed by atoms with Crippen molar-refractivity contribution in [2.75, 3.05) is 30.8 Å². The third kappa shape index (κ3) is 5.01. The van der Waals surface area contributed by atoms with Crippen molar-refractivity contribution in [2.45, 2.75) is 6.92 Å². The molecule has 0 aliphatic rings. The van der Waals surface area contributed by atoms with Crippen LogP contribution in [0.3, 0.4) is 0 Å². The number of nitrogens with one attached hydrogen (secondary N) is 3. The lowest BCUT2D eigenvalue weighted by atomic mass is 10.2. The molecule has 0 saturated heterocycles. The lowest BCUT2D eigenvalue weighted by Crippen LogP contribution is -2.22. The summed E-state index contributed by atoms with van der Waals surface area (Å²) >= 11 is 0. The Morgan fingerprint density at radius 3 is 2.54 bits per heavy atom. The van der Waals surface area contributed by atoms with E-state index in [1.165, 1.54) is 0 Å². The molecule has 0 spiro atoms. The van der Waals surface area contributed by atoms with Crippen LogP contribution in [0.1, 0.15) is 17.3 Å². The van der Waals surface area contributed by atoms with Crippen LogP contribution in [0.4, 0.5) is 11.4 Å². The summed E-state index contributed by atoms with van der Waals surface area (Å²) in [4.78, 5) is 23.6. The highest BCUT2D eigenvalue weighted by molar-refractivity contribution is 5.98. The van der Waals surface area contributed by atoms with E-state index in [2.05, 4.69) is 16.0 Å². The second-order valence-corrected chi connectivity index (χ2v) is 5.02. The number of benzene rings is 2. The molecule has 0 saturated carbocycles. The van der Waals surface area contributed by atoms with Gasteiger partial charge in [-0.05, 0) is 37.3 Å². The van der Waals surface area contributed by atoms with Crippen molar-refractivity contribution >= 4 is 23.2 Å². The lowest BCUT2D eigenvalue weighted by Gasteiger charge is -2.10. The summed E-state index contributed by atoms with van der Waals surface area (Å²) in [5.41, 5.74) is 1.87. The fourth-order valence-corrected chi connectivity index (χ4v) is 2.13. The number of hydrogen-bond donors (Lipinski definition) is 3.